The summed E-state index contributed by atoms with van der Waals surface area (Å²) >= 11 is 0. The third-order valence-electron chi connectivity index (χ3n) is 5.02. The molecule has 0 radical (unpaired) electrons. The smallest absolute Gasteiger partial charge is 0.263 e. The first-order valence-corrected chi connectivity index (χ1v) is 7.80. The molecule has 1 heterocycles. The third-order valence-corrected chi connectivity index (χ3v) is 5.02. The molecule has 116 valence electrons. The Kier molecular flexibility index (Phi) is 4.27. The fourth-order valence-electron chi connectivity index (χ4n) is 3.81. The van der Waals surface area contributed by atoms with Gasteiger partial charge in [-0.25, -0.2) is 8.78 Å². The highest BCUT2D eigenvalue weighted by Gasteiger charge is 2.41. The molecular weight excluding hydrogens is 274 g/mol. The molecule has 1 aliphatic heterocycles. The molecule has 1 N–H and O–H groups in total. The van der Waals surface area contributed by atoms with Gasteiger partial charge >= 0.3 is 0 Å². The molecule has 2 unspecified atom stereocenters. The molecule has 2 fully saturated rings. The van der Waals surface area contributed by atoms with E-state index in [-0.39, 0.29) is 17.1 Å². The van der Waals surface area contributed by atoms with Crippen molar-refractivity contribution in [2.75, 3.05) is 6.61 Å². The Morgan fingerprint density at radius 1 is 1.10 bits per heavy atom. The third kappa shape index (κ3) is 3.11. The standard InChI is InChI=1S/C17H22F2O2/c18-16(19)13-5-3-12(4-6-13)15(20)14-7-10-21-17(11-14)8-1-2-9-17/h3-6,14-16,20H,1-2,7-11H2. The second-order valence-electron chi connectivity index (χ2n) is 6.40. The minimum atomic E-state index is -2.46. The number of hydrogen-bond donors (Lipinski definition) is 1. The first kappa shape index (κ1) is 14.9. The van der Waals surface area contributed by atoms with Crippen LogP contribution in [0.2, 0.25) is 0 Å². The maximum Gasteiger partial charge on any atom is 0.263 e. The fraction of sp³-hybridized carbons (Fsp3) is 0.647. The summed E-state index contributed by atoms with van der Waals surface area (Å²) in [6.07, 6.45) is 3.24. The van der Waals surface area contributed by atoms with E-state index in [0.717, 1.165) is 31.2 Å². The lowest BCUT2D eigenvalue weighted by Crippen LogP contribution is -2.39. The molecule has 4 heteroatoms. The van der Waals surface area contributed by atoms with Gasteiger partial charge in [-0.15, -0.1) is 0 Å². The molecule has 3 rings (SSSR count). The summed E-state index contributed by atoms with van der Waals surface area (Å²) in [4.78, 5) is 0. The van der Waals surface area contributed by atoms with E-state index in [4.69, 9.17) is 4.74 Å². The van der Waals surface area contributed by atoms with Crippen LogP contribution >= 0.6 is 0 Å². The molecule has 1 aliphatic carbocycles. The summed E-state index contributed by atoms with van der Waals surface area (Å²) in [7, 11) is 0. The van der Waals surface area contributed by atoms with Gasteiger partial charge in [0.05, 0.1) is 11.7 Å². The van der Waals surface area contributed by atoms with Gasteiger partial charge in [-0.3, -0.25) is 0 Å². The van der Waals surface area contributed by atoms with Crippen molar-refractivity contribution >= 4 is 0 Å². The molecule has 2 aliphatic rings. The predicted octanol–water partition coefficient (Wildman–Crippen LogP) is 4.40. The van der Waals surface area contributed by atoms with Crippen LogP contribution < -0.4 is 0 Å². The maximum absolute atomic E-state index is 12.6. The van der Waals surface area contributed by atoms with Crippen LogP contribution in [0.25, 0.3) is 0 Å². The Balaban J connectivity index is 1.70. The van der Waals surface area contributed by atoms with Gasteiger partial charge in [0.1, 0.15) is 0 Å². The lowest BCUT2D eigenvalue weighted by atomic mass is 9.80. The number of rotatable bonds is 3. The van der Waals surface area contributed by atoms with Crippen molar-refractivity contribution in [3.63, 3.8) is 0 Å². The number of aliphatic hydroxyl groups is 1. The molecular formula is C17H22F2O2. The topological polar surface area (TPSA) is 29.5 Å². The van der Waals surface area contributed by atoms with E-state index >= 15 is 0 Å². The van der Waals surface area contributed by atoms with E-state index in [0.29, 0.717) is 6.61 Å². The van der Waals surface area contributed by atoms with E-state index in [1.54, 1.807) is 12.1 Å². The van der Waals surface area contributed by atoms with Crippen molar-refractivity contribution in [1.82, 2.24) is 0 Å². The highest BCUT2D eigenvalue weighted by Crippen LogP contribution is 2.45. The fourth-order valence-corrected chi connectivity index (χ4v) is 3.81. The molecule has 2 nitrogen and oxygen atoms in total. The van der Waals surface area contributed by atoms with Crippen LogP contribution in [0, 0.1) is 5.92 Å². The van der Waals surface area contributed by atoms with Gasteiger partial charge in [-0.2, -0.15) is 0 Å². The summed E-state index contributed by atoms with van der Waals surface area (Å²) in [5.41, 5.74) is 0.705. The Morgan fingerprint density at radius 3 is 2.33 bits per heavy atom. The minimum absolute atomic E-state index is 0.00481. The average molecular weight is 296 g/mol. The molecule has 1 spiro atoms. The van der Waals surface area contributed by atoms with Gasteiger partial charge in [-0.1, -0.05) is 37.1 Å². The quantitative estimate of drug-likeness (QED) is 0.896. The highest BCUT2D eigenvalue weighted by molar-refractivity contribution is 5.25. The van der Waals surface area contributed by atoms with Gasteiger partial charge in [0.25, 0.3) is 6.43 Å². The van der Waals surface area contributed by atoms with Crippen LogP contribution in [-0.4, -0.2) is 17.3 Å². The zero-order chi connectivity index (χ0) is 14.9. The molecule has 0 amide bonds. The van der Waals surface area contributed by atoms with Crippen molar-refractivity contribution in [3.05, 3.63) is 35.4 Å². The summed E-state index contributed by atoms with van der Waals surface area (Å²) in [6.45, 7) is 0.691. The molecule has 0 bridgehead atoms. The second-order valence-corrected chi connectivity index (χ2v) is 6.40. The largest absolute Gasteiger partial charge is 0.388 e. The van der Waals surface area contributed by atoms with E-state index < -0.39 is 12.5 Å². The molecule has 21 heavy (non-hydrogen) atoms. The first-order chi connectivity index (χ1) is 10.1. The van der Waals surface area contributed by atoms with E-state index in [1.807, 2.05) is 0 Å². The molecule has 0 aromatic heterocycles. The summed E-state index contributed by atoms with van der Waals surface area (Å²) in [6, 6.07) is 6.08. The number of ether oxygens (including phenoxy) is 1. The Bertz CT molecular complexity index is 466. The second kappa shape index (κ2) is 6.01. The minimum Gasteiger partial charge on any atom is -0.388 e. The number of alkyl halides is 2. The van der Waals surface area contributed by atoms with Gasteiger partial charge < -0.3 is 9.84 Å². The van der Waals surface area contributed by atoms with E-state index in [2.05, 4.69) is 0 Å². The van der Waals surface area contributed by atoms with Crippen molar-refractivity contribution in [1.29, 1.82) is 0 Å². The Hall–Kier alpha value is -1.00. The molecule has 1 aromatic rings. The lowest BCUT2D eigenvalue weighted by Gasteiger charge is -2.40. The van der Waals surface area contributed by atoms with Crippen LogP contribution in [0.4, 0.5) is 8.78 Å². The zero-order valence-electron chi connectivity index (χ0n) is 12.1. The number of benzene rings is 1. The van der Waals surface area contributed by atoms with Crippen LogP contribution in [0.15, 0.2) is 24.3 Å². The van der Waals surface area contributed by atoms with E-state index in [9.17, 15) is 13.9 Å². The zero-order valence-corrected chi connectivity index (χ0v) is 12.1. The maximum atomic E-state index is 12.6. The predicted molar refractivity (Wildman–Crippen MR) is 76.2 cm³/mol. The van der Waals surface area contributed by atoms with Crippen molar-refractivity contribution < 1.29 is 18.6 Å². The average Bonchev–Trinajstić information content (AvgIpc) is 2.94. The SMILES string of the molecule is OC(c1ccc(C(F)F)cc1)C1CCOC2(CCCC2)C1. The van der Waals surface area contributed by atoms with Crippen molar-refractivity contribution in [2.24, 2.45) is 5.92 Å². The summed E-state index contributed by atoms with van der Waals surface area (Å²) in [5, 5.41) is 10.6. The lowest BCUT2D eigenvalue weighted by molar-refractivity contribution is -0.113. The molecule has 1 saturated carbocycles. The molecule has 1 saturated heterocycles. The van der Waals surface area contributed by atoms with Crippen LogP contribution in [0.5, 0.6) is 0 Å². The van der Waals surface area contributed by atoms with Crippen LogP contribution in [-0.2, 0) is 4.74 Å². The van der Waals surface area contributed by atoms with Gasteiger partial charge in [0.15, 0.2) is 0 Å². The number of halogens is 2. The Labute approximate surface area is 124 Å². The normalized spacial score (nSPS) is 26.4. The molecule has 1 aromatic carbocycles. The van der Waals surface area contributed by atoms with E-state index in [1.165, 1.54) is 25.0 Å². The van der Waals surface area contributed by atoms with Crippen molar-refractivity contribution in [3.8, 4) is 0 Å². The summed E-state index contributed by atoms with van der Waals surface area (Å²) in [5.74, 6) is 0.161. The van der Waals surface area contributed by atoms with Crippen molar-refractivity contribution in [2.45, 2.75) is 56.7 Å². The highest BCUT2D eigenvalue weighted by atomic mass is 19.3. The van der Waals surface area contributed by atoms with Gasteiger partial charge in [0, 0.05) is 12.2 Å². The first-order valence-electron chi connectivity index (χ1n) is 7.80. The van der Waals surface area contributed by atoms with Crippen LogP contribution in [0.1, 0.15) is 62.2 Å². The number of aliphatic hydroxyl groups excluding tert-OH is 1. The Morgan fingerprint density at radius 2 is 1.71 bits per heavy atom. The summed E-state index contributed by atoms with van der Waals surface area (Å²) < 4.78 is 31.1. The number of hydrogen-bond acceptors (Lipinski definition) is 2. The van der Waals surface area contributed by atoms with Crippen LogP contribution in [0.3, 0.4) is 0 Å². The van der Waals surface area contributed by atoms with Gasteiger partial charge in [0.2, 0.25) is 0 Å². The molecule has 2 atom stereocenters. The monoisotopic (exact) mass is 296 g/mol. The van der Waals surface area contributed by atoms with Gasteiger partial charge in [-0.05, 0) is 37.2 Å².